The molecular formula is C18H15ClO2. The summed E-state index contributed by atoms with van der Waals surface area (Å²) >= 11 is 6.18. The smallest absolute Gasteiger partial charge is 0.189 e. The fraction of sp³-hybridized carbons (Fsp3) is 0.167. The van der Waals surface area contributed by atoms with E-state index in [9.17, 15) is 4.79 Å². The molecule has 0 radical (unpaired) electrons. The van der Waals surface area contributed by atoms with Gasteiger partial charge in [0.25, 0.3) is 0 Å². The summed E-state index contributed by atoms with van der Waals surface area (Å²) in [6, 6.07) is 11.4. The van der Waals surface area contributed by atoms with Crippen LogP contribution in [0.15, 0.2) is 42.0 Å². The second-order valence-electron chi connectivity index (χ2n) is 5.19. The van der Waals surface area contributed by atoms with Gasteiger partial charge < -0.3 is 4.74 Å². The molecule has 2 aromatic carbocycles. The summed E-state index contributed by atoms with van der Waals surface area (Å²) in [5.41, 5.74) is 4.43. The molecule has 0 amide bonds. The van der Waals surface area contributed by atoms with Crippen LogP contribution in [0, 0.1) is 6.92 Å². The molecule has 1 aliphatic rings. The van der Waals surface area contributed by atoms with Crippen LogP contribution in [-0.2, 0) is 6.42 Å². The summed E-state index contributed by atoms with van der Waals surface area (Å²) in [7, 11) is 1.63. The van der Waals surface area contributed by atoms with Gasteiger partial charge in [-0.1, -0.05) is 35.4 Å². The van der Waals surface area contributed by atoms with E-state index in [1.807, 2.05) is 49.4 Å². The van der Waals surface area contributed by atoms with Crippen molar-refractivity contribution in [1.29, 1.82) is 0 Å². The van der Waals surface area contributed by atoms with Gasteiger partial charge >= 0.3 is 0 Å². The van der Waals surface area contributed by atoms with E-state index in [1.54, 1.807) is 7.11 Å². The van der Waals surface area contributed by atoms with Crippen LogP contribution in [0.2, 0.25) is 5.02 Å². The minimum Gasteiger partial charge on any atom is -0.496 e. The summed E-state index contributed by atoms with van der Waals surface area (Å²) in [4.78, 5) is 12.5. The quantitative estimate of drug-likeness (QED) is 0.764. The molecule has 0 bridgehead atoms. The summed E-state index contributed by atoms with van der Waals surface area (Å²) in [6.45, 7) is 2.02. The first-order valence-corrected chi connectivity index (χ1v) is 7.15. The molecule has 0 saturated heterocycles. The van der Waals surface area contributed by atoms with Crippen LogP contribution in [0.25, 0.3) is 6.08 Å². The molecule has 106 valence electrons. The first kappa shape index (κ1) is 13.9. The number of rotatable bonds is 2. The molecule has 0 saturated carbocycles. The number of ether oxygens (including phenoxy) is 1. The van der Waals surface area contributed by atoms with Crippen molar-refractivity contribution in [3.63, 3.8) is 0 Å². The molecule has 0 unspecified atom stereocenters. The first-order valence-electron chi connectivity index (χ1n) is 6.77. The van der Waals surface area contributed by atoms with Crippen molar-refractivity contribution in [2.45, 2.75) is 13.3 Å². The fourth-order valence-corrected chi connectivity index (χ4v) is 2.91. The van der Waals surface area contributed by atoms with Crippen molar-refractivity contribution < 1.29 is 9.53 Å². The van der Waals surface area contributed by atoms with Crippen molar-refractivity contribution in [2.75, 3.05) is 7.11 Å². The predicted octanol–water partition coefficient (Wildman–Crippen LogP) is 4.48. The van der Waals surface area contributed by atoms with Crippen LogP contribution in [0.1, 0.15) is 27.0 Å². The molecule has 0 heterocycles. The Hall–Kier alpha value is -2.06. The molecule has 3 heteroatoms. The third-order valence-corrected chi connectivity index (χ3v) is 4.09. The molecule has 0 atom stereocenters. The Morgan fingerprint density at radius 1 is 1.24 bits per heavy atom. The van der Waals surface area contributed by atoms with Crippen molar-refractivity contribution in [3.8, 4) is 5.75 Å². The van der Waals surface area contributed by atoms with Gasteiger partial charge in [0.15, 0.2) is 5.78 Å². The Labute approximate surface area is 129 Å². The number of Topliss-reactive ketones (excluding diaryl/α,β-unsaturated/α-hetero) is 1. The average molecular weight is 299 g/mol. The lowest BCUT2D eigenvalue weighted by Gasteiger charge is -2.06. The Morgan fingerprint density at radius 3 is 2.76 bits per heavy atom. The van der Waals surface area contributed by atoms with Gasteiger partial charge in [0.2, 0.25) is 0 Å². The van der Waals surface area contributed by atoms with Crippen LogP contribution in [-0.4, -0.2) is 12.9 Å². The Balaban J connectivity index is 2.06. The number of methoxy groups -OCH3 is 1. The van der Waals surface area contributed by atoms with E-state index in [0.29, 0.717) is 17.0 Å². The molecular weight excluding hydrogens is 284 g/mol. The van der Waals surface area contributed by atoms with Gasteiger partial charge in [-0.25, -0.2) is 0 Å². The number of carbonyl (C=O) groups is 1. The Morgan fingerprint density at radius 2 is 2.05 bits per heavy atom. The minimum absolute atomic E-state index is 0.0519. The molecule has 21 heavy (non-hydrogen) atoms. The average Bonchev–Trinajstić information content (AvgIpc) is 2.78. The number of halogens is 1. The van der Waals surface area contributed by atoms with Crippen molar-refractivity contribution in [1.82, 2.24) is 0 Å². The maximum Gasteiger partial charge on any atom is 0.189 e. The molecule has 0 N–H and O–H groups in total. The van der Waals surface area contributed by atoms with Gasteiger partial charge in [0.1, 0.15) is 5.75 Å². The van der Waals surface area contributed by atoms with E-state index >= 15 is 0 Å². The molecule has 0 aliphatic heterocycles. The van der Waals surface area contributed by atoms with Gasteiger partial charge in [-0.05, 0) is 36.8 Å². The van der Waals surface area contributed by atoms with Crippen LogP contribution in [0.3, 0.4) is 0 Å². The van der Waals surface area contributed by atoms with E-state index in [1.165, 1.54) is 0 Å². The van der Waals surface area contributed by atoms with E-state index < -0.39 is 0 Å². The van der Waals surface area contributed by atoms with E-state index in [-0.39, 0.29) is 5.78 Å². The molecule has 0 fully saturated rings. The number of fused-ring (bicyclic) bond motifs is 1. The molecule has 2 nitrogen and oxygen atoms in total. The Kier molecular flexibility index (Phi) is 3.56. The zero-order chi connectivity index (χ0) is 15.0. The van der Waals surface area contributed by atoms with E-state index in [2.05, 4.69) is 0 Å². The SMILES string of the molecule is COc1ccc(C)cc1C=C1Cc2c(Cl)cccc2C1=O. The summed E-state index contributed by atoms with van der Waals surface area (Å²) in [6.07, 6.45) is 2.48. The zero-order valence-electron chi connectivity index (χ0n) is 11.9. The number of hydrogen-bond donors (Lipinski definition) is 0. The predicted molar refractivity (Wildman–Crippen MR) is 85.2 cm³/mol. The number of ketones is 1. The monoisotopic (exact) mass is 298 g/mol. The second-order valence-corrected chi connectivity index (χ2v) is 5.59. The second kappa shape index (κ2) is 5.38. The zero-order valence-corrected chi connectivity index (χ0v) is 12.7. The third kappa shape index (κ3) is 2.47. The molecule has 2 aromatic rings. The maximum atomic E-state index is 12.5. The van der Waals surface area contributed by atoms with Crippen molar-refractivity contribution >= 4 is 23.5 Å². The first-order chi connectivity index (χ1) is 10.1. The number of allylic oxidation sites excluding steroid dienone is 1. The summed E-state index contributed by atoms with van der Waals surface area (Å²) < 4.78 is 5.36. The van der Waals surface area contributed by atoms with Gasteiger partial charge in [0.05, 0.1) is 7.11 Å². The largest absolute Gasteiger partial charge is 0.496 e. The molecule has 1 aliphatic carbocycles. The molecule has 3 rings (SSSR count). The topological polar surface area (TPSA) is 26.3 Å². The van der Waals surface area contributed by atoms with Crippen LogP contribution in [0.5, 0.6) is 5.75 Å². The number of carbonyl (C=O) groups excluding carboxylic acids is 1. The fourth-order valence-electron chi connectivity index (χ4n) is 2.67. The van der Waals surface area contributed by atoms with Crippen molar-refractivity contribution in [3.05, 3.63) is 69.2 Å². The molecule has 0 spiro atoms. The van der Waals surface area contributed by atoms with Gasteiger partial charge in [-0.2, -0.15) is 0 Å². The summed E-state index contributed by atoms with van der Waals surface area (Å²) in [5.74, 6) is 0.819. The van der Waals surface area contributed by atoms with Crippen LogP contribution >= 0.6 is 11.6 Å². The highest BCUT2D eigenvalue weighted by atomic mass is 35.5. The van der Waals surface area contributed by atoms with Gasteiger partial charge in [-0.15, -0.1) is 0 Å². The Bertz CT molecular complexity index is 760. The number of aryl methyl sites for hydroxylation is 1. The molecule has 0 aromatic heterocycles. The number of hydrogen-bond acceptors (Lipinski definition) is 2. The van der Waals surface area contributed by atoms with Gasteiger partial charge in [-0.3, -0.25) is 4.79 Å². The highest BCUT2D eigenvalue weighted by molar-refractivity contribution is 6.33. The number of benzene rings is 2. The van der Waals surface area contributed by atoms with E-state index in [4.69, 9.17) is 16.3 Å². The van der Waals surface area contributed by atoms with Crippen LogP contribution in [0.4, 0.5) is 0 Å². The lowest BCUT2D eigenvalue weighted by Crippen LogP contribution is -1.96. The van der Waals surface area contributed by atoms with Gasteiger partial charge in [0, 0.05) is 28.1 Å². The van der Waals surface area contributed by atoms with E-state index in [0.717, 1.165) is 28.0 Å². The summed E-state index contributed by atoms with van der Waals surface area (Å²) in [5, 5.41) is 0.653. The maximum absolute atomic E-state index is 12.5. The van der Waals surface area contributed by atoms with Crippen LogP contribution < -0.4 is 4.74 Å². The normalized spacial score (nSPS) is 15.4. The third-order valence-electron chi connectivity index (χ3n) is 3.74. The highest BCUT2D eigenvalue weighted by Crippen LogP contribution is 2.34. The minimum atomic E-state index is 0.0519. The lowest BCUT2D eigenvalue weighted by molar-refractivity contribution is 0.104. The lowest BCUT2D eigenvalue weighted by atomic mass is 10.0. The standard InChI is InChI=1S/C18H15ClO2/c1-11-6-7-17(21-2)12(8-11)9-13-10-15-14(18(13)20)4-3-5-16(15)19/h3-9H,10H2,1-2H3. The highest BCUT2D eigenvalue weighted by Gasteiger charge is 2.26. The van der Waals surface area contributed by atoms with Crippen molar-refractivity contribution in [2.24, 2.45) is 0 Å².